The van der Waals surface area contributed by atoms with E-state index >= 15 is 0 Å². The van der Waals surface area contributed by atoms with Crippen LogP contribution in [0.4, 0.5) is 0 Å². The number of carbonyl (C=O) groups excluding carboxylic acids is 2. The van der Waals surface area contributed by atoms with Crippen molar-refractivity contribution in [3.63, 3.8) is 0 Å². The summed E-state index contributed by atoms with van der Waals surface area (Å²) in [5, 5.41) is 9.71. The number of likely N-dealkylation sites (N-methyl/N-ethyl adjacent to an activating group) is 1. The van der Waals surface area contributed by atoms with Crippen LogP contribution < -0.4 is 0 Å². The quantitative estimate of drug-likeness (QED) is 0.0211. The zero-order valence-corrected chi connectivity index (χ0v) is 47.8. The minimum Gasteiger partial charge on any atom is -0.477 e. The molecule has 1 N–H and O–H groups in total. The third kappa shape index (κ3) is 56.0. The van der Waals surface area contributed by atoms with Gasteiger partial charge in [-0.05, 0) is 89.9 Å². The molecule has 2 unspecified atom stereocenters. The fourth-order valence-electron chi connectivity index (χ4n) is 8.07. The van der Waals surface area contributed by atoms with Crippen molar-refractivity contribution < 1.29 is 42.9 Å². The molecule has 2 atom stereocenters. The summed E-state index contributed by atoms with van der Waals surface area (Å²) in [5.41, 5.74) is 0. The average molecular weight is 1020 g/mol. The average Bonchev–Trinajstić information content (AvgIpc) is 3.36. The number of unbranched alkanes of at least 4 members (excludes halogenated alkanes) is 25. The maximum absolute atomic E-state index is 12.9. The van der Waals surface area contributed by atoms with Crippen LogP contribution in [0.3, 0.4) is 0 Å². The van der Waals surface area contributed by atoms with Gasteiger partial charge in [-0.2, -0.15) is 0 Å². The Kier molecular flexibility index (Phi) is 52.1. The van der Waals surface area contributed by atoms with Gasteiger partial charge in [0.05, 0.1) is 34.4 Å². The summed E-state index contributed by atoms with van der Waals surface area (Å²) < 4.78 is 22.9. The fourth-order valence-corrected chi connectivity index (χ4v) is 8.07. The number of hydrogen-bond donors (Lipinski definition) is 1. The summed E-state index contributed by atoms with van der Waals surface area (Å²) in [4.78, 5) is 37.5. The SMILES string of the molecule is CC/C=C\C/C=C\C/C=C\C/C=C\CCCCCCCCCCCCCCCCC(=O)OC(COC(=O)CCCCCCCC/C=C\C/C=C\C/C=C\CCCCCCC)COC(OCC[N+](C)(C)C)C(=O)O. The third-order valence-corrected chi connectivity index (χ3v) is 12.6. The lowest BCUT2D eigenvalue weighted by Crippen LogP contribution is -2.40. The minimum atomic E-state index is -1.52. The highest BCUT2D eigenvalue weighted by molar-refractivity contribution is 5.71. The number of esters is 2. The number of quaternary nitrogens is 1. The van der Waals surface area contributed by atoms with E-state index in [9.17, 15) is 19.5 Å². The van der Waals surface area contributed by atoms with Gasteiger partial charge in [-0.3, -0.25) is 9.59 Å². The van der Waals surface area contributed by atoms with Gasteiger partial charge in [0.2, 0.25) is 0 Å². The molecule has 0 amide bonds. The minimum absolute atomic E-state index is 0.182. The lowest BCUT2D eigenvalue weighted by atomic mass is 10.0. The maximum atomic E-state index is 12.9. The molecule has 0 radical (unpaired) electrons. The van der Waals surface area contributed by atoms with E-state index in [0.717, 1.165) is 83.5 Å². The van der Waals surface area contributed by atoms with Crippen molar-refractivity contribution in [2.45, 2.75) is 257 Å². The van der Waals surface area contributed by atoms with Crippen molar-refractivity contribution >= 4 is 17.9 Å². The molecule has 0 fully saturated rings. The van der Waals surface area contributed by atoms with E-state index in [-0.39, 0.29) is 38.6 Å². The van der Waals surface area contributed by atoms with Gasteiger partial charge in [0.15, 0.2) is 6.10 Å². The largest absolute Gasteiger partial charge is 0.477 e. The topological polar surface area (TPSA) is 108 Å². The van der Waals surface area contributed by atoms with Crippen molar-refractivity contribution in [3.05, 3.63) is 85.1 Å². The van der Waals surface area contributed by atoms with Crippen molar-refractivity contribution in [2.24, 2.45) is 0 Å². The van der Waals surface area contributed by atoms with Crippen molar-refractivity contribution in [1.29, 1.82) is 0 Å². The Bertz CT molecular complexity index is 1470. The Morgan fingerprint density at radius 3 is 1.16 bits per heavy atom. The summed E-state index contributed by atoms with van der Waals surface area (Å²) in [7, 11) is 5.96. The smallest absolute Gasteiger partial charge is 0.361 e. The van der Waals surface area contributed by atoms with Crippen LogP contribution in [0.25, 0.3) is 0 Å². The van der Waals surface area contributed by atoms with Crippen LogP contribution in [0.15, 0.2) is 85.1 Å². The van der Waals surface area contributed by atoms with Gasteiger partial charge in [-0.25, -0.2) is 4.79 Å². The maximum Gasteiger partial charge on any atom is 0.361 e. The number of nitrogens with zero attached hydrogens (tertiary/aromatic N) is 1. The Balaban J connectivity index is 4.25. The molecule has 0 saturated carbocycles. The fraction of sp³-hybridized carbons (Fsp3) is 0.734. The first-order valence-electron chi connectivity index (χ1n) is 29.8. The predicted molar refractivity (Wildman–Crippen MR) is 309 cm³/mol. The molecule has 0 aliphatic rings. The van der Waals surface area contributed by atoms with Crippen LogP contribution >= 0.6 is 0 Å². The first-order valence-corrected chi connectivity index (χ1v) is 29.8. The van der Waals surface area contributed by atoms with Crippen molar-refractivity contribution in [3.8, 4) is 0 Å². The normalized spacial score (nSPS) is 13.4. The molecule has 0 aromatic carbocycles. The number of allylic oxidation sites excluding steroid dienone is 14. The molecule has 420 valence electrons. The molecule has 0 heterocycles. The molecule has 0 saturated heterocycles. The molecule has 0 spiro atoms. The number of carboxylic acid groups (broad SMARTS) is 1. The van der Waals surface area contributed by atoms with Crippen molar-refractivity contribution in [2.75, 3.05) is 47.5 Å². The van der Waals surface area contributed by atoms with Crippen LogP contribution in [-0.4, -0.2) is 87.4 Å². The van der Waals surface area contributed by atoms with Gasteiger partial charge in [-0.15, -0.1) is 0 Å². The Morgan fingerprint density at radius 2 is 0.781 bits per heavy atom. The predicted octanol–water partition coefficient (Wildman–Crippen LogP) is 17.6. The van der Waals surface area contributed by atoms with Gasteiger partial charge < -0.3 is 28.5 Å². The first kappa shape index (κ1) is 69.5. The summed E-state index contributed by atoms with van der Waals surface area (Å²) >= 11 is 0. The Hall–Kier alpha value is -3.53. The highest BCUT2D eigenvalue weighted by Gasteiger charge is 2.25. The Labute approximate surface area is 449 Å². The summed E-state index contributed by atoms with van der Waals surface area (Å²) in [6.45, 7) is 4.75. The van der Waals surface area contributed by atoms with E-state index in [1.807, 2.05) is 21.1 Å². The zero-order chi connectivity index (χ0) is 53.4. The van der Waals surface area contributed by atoms with E-state index < -0.39 is 24.3 Å². The third-order valence-electron chi connectivity index (χ3n) is 12.6. The van der Waals surface area contributed by atoms with Crippen LogP contribution in [0.2, 0.25) is 0 Å². The number of carbonyl (C=O) groups is 3. The second-order valence-corrected chi connectivity index (χ2v) is 20.9. The molecule has 0 aromatic heterocycles. The summed E-state index contributed by atoms with van der Waals surface area (Å²) in [6.07, 6.45) is 69.4. The van der Waals surface area contributed by atoms with E-state index in [0.29, 0.717) is 17.4 Å². The van der Waals surface area contributed by atoms with Crippen LogP contribution in [0.1, 0.15) is 245 Å². The van der Waals surface area contributed by atoms with Gasteiger partial charge in [-0.1, -0.05) is 227 Å². The van der Waals surface area contributed by atoms with Gasteiger partial charge in [0.1, 0.15) is 13.2 Å². The molecular formula is C64H112NO8+. The highest BCUT2D eigenvalue weighted by Crippen LogP contribution is 2.16. The second-order valence-electron chi connectivity index (χ2n) is 20.9. The van der Waals surface area contributed by atoms with Crippen LogP contribution in [0, 0.1) is 0 Å². The van der Waals surface area contributed by atoms with E-state index in [1.54, 1.807) is 0 Å². The molecule has 9 heteroatoms. The summed E-state index contributed by atoms with van der Waals surface area (Å²) in [6, 6.07) is 0. The second kappa shape index (κ2) is 54.7. The van der Waals surface area contributed by atoms with Gasteiger partial charge in [0.25, 0.3) is 6.29 Å². The van der Waals surface area contributed by atoms with Gasteiger partial charge in [0, 0.05) is 12.8 Å². The molecule has 0 bridgehead atoms. The molecule has 0 aromatic rings. The van der Waals surface area contributed by atoms with E-state index in [2.05, 4.69) is 98.9 Å². The molecule has 0 rings (SSSR count). The number of aliphatic carboxylic acids is 1. The van der Waals surface area contributed by atoms with E-state index in [1.165, 1.54) is 128 Å². The van der Waals surface area contributed by atoms with Crippen LogP contribution in [-0.2, 0) is 33.3 Å². The standard InChI is InChI=1S/C64H111NO8/c1-6-8-10-12-14-16-18-20-22-24-26-28-29-30-31-32-33-35-37-39-41-43-45-47-49-51-53-55-62(67)73-60(59-72-64(63(68)69)70-57-56-65(3,4)5)58-71-61(66)54-52-50-48-46-44-42-40-38-36-34-27-25-23-21-19-17-15-13-11-9-7-2/h8,10,14,16,19-22,25-28,36,38,60,64H,6-7,9,11-13,15,17-18,23-24,29-35,37,39-59H2,1-5H3/p+1/b10-8-,16-14-,21-19-,22-20-,27-25-,28-26-,38-36-. The highest BCUT2D eigenvalue weighted by atomic mass is 16.7. The molecule has 0 aliphatic carbocycles. The molecule has 0 aliphatic heterocycles. The number of ether oxygens (including phenoxy) is 4. The molecule has 73 heavy (non-hydrogen) atoms. The lowest BCUT2D eigenvalue weighted by Gasteiger charge is -2.25. The molecular weight excluding hydrogens is 911 g/mol. The van der Waals surface area contributed by atoms with Crippen LogP contribution in [0.5, 0.6) is 0 Å². The summed E-state index contributed by atoms with van der Waals surface area (Å²) in [5.74, 6) is -2.02. The number of rotatable bonds is 54. The zero-order valence-electron chi connectivity index (χ0n) is 47.8. The number of hydrogen-bond acceptors (Lipinski definition) is 7. The molecule has 9 nitrogen and oxygen atoms in total. The van der Waals surface area contributed by atoms with E-state index in [4.69, 9.17) is 18.9 Å². The lowest BCUT2D eigenvalue weighted by molar-refractivity contribution is -0.870. The first-order chi connectivity index (χ1) is 35.6. The number of carboxylic acids is 1. The van der Waals surface area contributed by atoms with Gasteiger partial charge >= 0.3 is 17.9 Å². The Morgan fingerprint density at radius 1 is 0.425 bits per heavy atom. The monoisotopic (exact) mass is 1020 g/mol. The van der Waals surface area contributed by atoms with Crippen molar-refractivity contribution in [1.82, 2.24) is 0 Å².